The summed E-state index contributed by atoms with van der Waals surface area (Å²) in [6.07, 6.45) is 7.57. The lowest BCUT2D eigenvalue weighted by molar-refractivity contribution is 0.431. The van der Waals surface area contributed by atoms with Gasteiger partial charge in [-0.25, -0.2) is 0 Å². The highest BCUT2D eigenvalue weighted by Crippen LogP contribution is 2.24. The zero-order valence-corrected chi connectivity index (χ0v) is 9.37. The number of pyridine rings is 1. The van der Waals surface area contributed by atoms with Crippen LogP contribution in [0, 0.1) is 16.7 Å². The maximum absolute atomic E-state index is 8.15. The SMILES string of the molecule is N=C(C1CCCCC1)n1cccc(N)c1=N. The molecule has 1 aliphatic rings. The highest BCUT2D eigenvalue weighted by atomic mass is 15.0. The molecule has 1 aromatic heterocycles. The molecule has 4 N–H and O–H groups in total. The summed E-state index contributed by atoms with van der Waals surface area (Å²) in [4.78, 5) is 0. The Labute approximate surface area is 95.1 Å². The van der Waals surface area contributed by atoms with E-state index in [0.717, 1.165) is 12.8 Å². The quantitative estimate of drug-likeness (QED) is 0.489. The molecule has 4 heteroatoms. The maximum atomic E-state index is 8.15. The van der Waals surface area contributed by atoms with E-state index in [9.17, 15) is 0 Å². The van der Waals surface area contributed by atoms with Crippen molar-refractivity contribution in [3.05, 3.63) is 23.8 Å². The van der Waals surface area contributed by atoms with Crippen LogP contribution in [0.1, 0.15) is 32.1 Å². The summed E-state index contributed by atoms with van der Waals surface area (Å²) < 4.78 is 1.60. The molecule has 1 saturated carbocycles. The van der Waals surface area contributed by atoms with Crippen LogP contribution in [-0.2, 0) is 0 Å². The van der Waals surface area contributed by atoms with Gasteiger partial charge in [0, 0.05) is 12.1 Å². The minimum atomic E-state index is 0.234. The Bertz CT molecular complexity index is 441. The van der Waals surface area contributed by atoms with Crippen LogP contribution >= 0.6 is 0 Å². The predicted molar refractivity (Wildman–Crippen MR) is 64.4 cm³/mol. The van der Waals surface area contributed by atoms with Crippen molar-refractivity contribution in [2.75, 3.05) is 5.73 Å². The lowest BCUT2D eigenvalue weighted by Gasteiger charge is -2.23. The van der Waals surface area contributed by atoms with Crippen molar-refractivity contribution < 1.29 is 0 Å². The molecule has 0 spiro atoms. The number of nitrogens with zero attached hydrogens (tertiary/aromatic N) is 1. The zero-order chi connectivity index (χ0) is 11.5. The molecule has 0 saturated heterocycles. The number of rotatable bonds is 1. The molecule has 0 radical (unpaired) electrons. The first-order chi connectivity index (χ1) is 7.70. The van der Waals surface area contributed by atoms with Crippen molar-refractivity contribution >= 4 is 11.5 Å². The van der Waals surface area contributed by atoms with E-state index in [1.54, 1.807) is 22.9 Å². The summed E-state index contributed by atoms with van der Waals surface area (Å²) in [5.74, 6) is 0.821. The number of hydrogen-bond donors (Lipinski definition) is 3. The standard InChI is InChI=1S/C12H18N4/c13-10-7-4-8-16(12(10)15)11(14)9-5-2-1-3-6-9/h4,7-9,14-15H,1-3,5-6,13H2. The molecule has 16 heavy (non-hydrogen) atoms. The van der Waals surface area contributed by atoms with Crippen LogP contribution in [0.2, 0.25) is 0 Å². The lowest BCUT2D eigenvalue weighted by atomic mass is 9.88. The van der Waals surface area contributed by atoms with Gasteiger partial charge in [-0.05, 0) is 25.0 Å². The van der Waals surface area contributed by atoms with Gasteiger partial charge in [-0.1, -0.05) is 19.3 Å². The predicted octanol–water partition coefficient (Wildman–Crippen LogP) is 1.96. The fourth-order valence-corrected chi connectivity index (χ4v) is 2.30. The first kappa shape index (κ1) is 10.9. The molecule has 0 amide bonds. The number of anilines is 1. The average molecular weight is 218 g/mol. The van der Waals surface area contributed by atoms with Crippen LogP contribution in [0.5, 0.6) is 0 Å². The van der Waals surface area contributed by atoms with Gasteiger partial charge in [0.1, 0.15) is 5.84 Å². The second-order valence-corrected chi connectivity index (χ2v) is 4.40. The van der Waals surface area contributed by atoms with Crippen molar-refractivity contribution in [3.8, 4) is 0 Å². The van der Waals surface area contributed by atoms with Gasteiger partial charge in [-0.3, -0.25) is 15.4 Å². The van der Waals surface area contributed by atoms with Gasteiger partial charge in [0.25, 0.3) is 0 Å². The summed E-state index contributed by atoms with van der Waals surface area (Å²) in [7, 11) is 0. The maximum Gasteiger partial charge on any atom is 0.153 e. The summed E-state index contributed by atoms with van der Waals surface area (Å²) in [5.41, 5.74) is 6.35. The number of hydrogen-bond acceptors (Lipinski definition) is 3. The fraction of sp³-hybridized carbons (Fsp3) is 0.500. The number of aromatic nitrogens is 1. The van der Waals surface area contributed by atoms with Crippen molar-refractivity contribution in [2.45, 2.75) is 32.1 Å². The van der Waals surface area contributed by atoms with Crippen molar-refractivity contribution in [1.29, 1.82) is 10.8 Å². The zero-order valence-electron chi connectivity index (χ0n) is 9.37. The summed E-state index contributed by atoms with van der Waals surface area (Å²) in [6.45, 7) is 0. The second-order valence-electron chi connectivity index (χ2n) is 4.40. The highest BCUT2D eigenvalue weighted by molar-refractivity contribution is 5.84. The molecule has 86 valence electrons. The normalized spacial score (nSPS) is 17.2. The molecule has 2 rings (SSSR count). The van der Waals surface area contributed by atoms with Crippen molar-refractivity contribution in [1.82, 2.24) is 4.57 Å². The van der Waals surface area contributed by atoms with E-state index >= 15 is 0 Å². The Morgan fingerprint density at radius 1 is 1.31 bits per heavy atom. The van der Waals surface area contributed by atoms with Crippen LogP contribution in [0.25, 0.3) is 0 Å². The minimum absolute atomic E-state index is 0.234. The molecule has 1 fully saturated rings. The molecular weight excluding hydrogens is 200 g/mol. The molecule has 4 nitrogen and oxygen atoms in total. The summed E-state index contributed by atoms with van der Waals surface area (Å²) >= 11 is 0. The monoisotopic (exact) mass is 218 g/mol. The number of nitrogen functional groups attached to an aromatic ring is 1. The largest absolute Gasteiger partial charge is 0.396 e. The van der Waals surface area contributed by atoms with Gasteiger partial charge >= 0.3 is 0 Å². The second kappa shape index (κ2) is 4.51. The van der Waals surface area contributed by atoms with Crippen LogP contribution in [0.15, 0.2) is 18.3 Å². The summed E-state index contributed by atoms with van der Waals surface area (Å²) in [6, 6.07) is 3.50. The molecule has 0 bridgehead atoms. The summed E-state index contributed by atoms with van der Waals surface area (Å²) in [5, 5.41) is 16.0. The van der Waals surface area contributed by atoms with Gasteiger partial charge < -0.3 is 5.73 Å². The Morgan fingerprint density at radius 3 is 2.69 bits per heavy atom. The van der Waals surface area contributed by atoms with Crippen LogP contribution in [0.4, 0.5) is 5.69 Å². The molecule has 0 aromatic carbocycles. The third kappa shape index (κ3) is 2.01. The van der Waals surface area contributed by atoms with Crippen molar-refractivity contribution in [2.24, 2.45) is 5.92 Å². The first-order valence-electron chi connectivity index (χ1n) is 5.80. The molecule has 0 atom stereocenters. The average Bonchev–Trinajstić information content (AvgIpc) is 2.33. The van der Waals surface area contributed by atoms with Gasteiger partial charge in [-0.2, -0.15) is 0 Å². The Balaban J connectivity index is 2.26. The molecule has 1 aliphatic carbocycles. The Kier molecular flexibility index (Phi) is 3.08. The van der Waals surface area contributed by atoms with Crippen LogP contribution in [0.3, 0.4) is 0 Å². The number of nitrogens with two attached hydrogens (primary N) is 1. The smallest absolute Gasteiger partial charge is 0.153 e. The third-order valence-corrected chi connectivity index (χ3v) is 3.28. The topological polar surface area (TPSA) is 78.7 Å². The molecular formula is C12H18N4. The van der Waals surface area contributed by atoms with Crippen LogP contribution in [-0.4, -0.2) is 10.4 Å². The fourth-order valence-electron chi connectivity index (χ4n) is 2.30. The van der Waals surface area contributed by atoms with E-state index in [4.69, 9.17) is 16.6 Å². The van der Waals surface area contributed by atoms with E-state index in [1.807, 2.05) is 0 Å². The third-order valence-electron chi connectivity index (χ3n) is 3.28. The molecule has 0 aliphatic heterocycles. The molecule has 0 unspecified atom stereocenters. The van der Waals surface area contributed by atoms with Gasteiger partial charge in [0.05, 0.1) is 5.69 Å². The first-order valence-corrected chi connectivity index (χ1v) is 5.80. The molecule has 1 heterocycles. The van der Waals surface area contributed by atoms with E-state index in [2.05, 4.69) is 0 Å². The number of nitrogens with one attached hydrogen (secondary N) is 2. The van der Waals surface area contributed by atoms with E-state index in [0.29, 0.717) is 17.4 Å². The highest BCUT2D eigenvalue weighted by Gasteiger charge is 2.19. The Morgan fingerprint density at radius 2 is 2.00 bits per heavy atom. The van der Waals surface area contributed by atoms with Crippen LogP contribution < -0.4 is 11.2 Å². The molecule has 1 aromatic rings. The lowest BCUT2D eigenvalue weighted by Crippen LogP contribution is -2.33. The minimum Gasteiger partial charge on any atom is -0.396 e. The van der Waals surface area contributed by atoms with Gasteiger partial charge in [0.2, 0.25) is 0 Å². The van der Waals surface area contributed by atoms with E-state index < -0.39 is 0 Å². The van der Waals surface area contributed by atoms with Crippen molar-refractivity contribution in [3.63, 3.8) is 0 Å². The van der Waals surface area contributed by atoms with Gasteiger partial charge in [0.15, 0.2) is 5.49 Å². The van der Waals surface area contributed by atoms with E-state index in [-0.39, 0.29) is 5.49 Å². The van der Waals surface area contributed by atoms with Gasteiger partial charge in [-0.15, -0.1) is 0 Å². The Hall–Kier alpha value is -1.58. The van der Waals surface area contributed by atoms with E-state index in [1.165, 1.54) is 19.3 Å².